The fraction of sp³-hybridized carbons (Fsp3) is 0.360. The van der Waals surface area contributed by atoms with E-state index in [2.05, 4.69) is 20.4 Å². The summed E-state index contributed by atoms with van der Waals surface area (Å²) in [5.74, 6) is -0.0584. The van der Waals surface area contributed by atoms with Crippen LogP contribution in [0.15, 0.2) is 53.7 Å². The number of para-hydroxylation sites is 1. The Morgan fingerprint density at radius 3 is 2.51 bits per heavy atom. The Hall–Kier alpha value is -3.08. The summed E-state index contributed by atoms with van der Waals surface area (Å²) in [5, 5.41) is 11.7. The summed E-state index contributed by atoms with van der Waals surface area (Å²) in [6.07, 6.45) is 0. The number of halogens is 1. The van der Waals surface area contributed by atoms with E-state index in [9.17, 15) is 14.0 Å². The van der Waals surface area contributed by atoms with Crippen molar-refractivity contribution in [2.24, 2.45) is 0 Å². The summed E-state index contributed by atoms with van der Waals surface area (Å²) in [6.45, 7) is 7.75. The van der Waals surface area contributed by atoms with Crippen LogP contribution in [-0.2, 0) is 16.1 Å². The Bertz CT molecular complexity index is 1180. The minimum absolute atomic E-state index is 0.118. The molecule has 3 aromatic rings. The minimum atomic E-state index is -0.498. The molecule has 4 rings (SSSR count). The number of benzene rings is 2. The van der Waals surface area contributed by atoms with Crippen molar-refractivity contribution in [3.05, 3.63) is 59.9 Å². The molecule has 2 heterocycles. The van der Waals surface area contributed by atoms with Crippen LogP contribution in [-0.4, -0.2) is 69.5 Å². The lowest BCUT2D eigenvalue weighted by atomic mass is 10.1. The van der Waals surface area contributed by atoms with Crippen molar-refractivity contribution in [2.45, 2.75) is 30.8 Å². The molecule has 0 saturated carbocycles. The molecule has 1 unspecified atom stereocenters. The molecule has 0 aliphatic carbocycles. The Kier molecular flexibility index (Phi) is 8.27. The molecule has 184 valence electrons. The molecule has 1 N–H and O–H groups in total. The highest BCUT2D eigenvalue weighted by atomic mass is 32.2. The third-order valence-electron chi connectivity index (χ3n) is 5.78. The number of ether oxygens (including phenoxy) is 1. The minimum Gasteiger partial charge on any atom is -0.379 e. The van der Waals surface area contributed by atoms with Crippen molar-refractivity contribution in [3.63, 3.8) is 0 Å². The first-order valence-electron chi connectivity index (χ1n) is 11.5. The van der Waals surface area contributed by atoms with Gasteiger partial charge in [-0.1, -0.05) is 23.9 Å². The number of carbonyl (C=O) groups is 2. The van der Waals surface area contributed by atoms with E-state index >= 15 is 0 Å². The number of hydrogen-bond donors (Lipinski definition) is 1. The standard InChI is InChI=1S/C25H28FN5O3S/c1-17(32)21-5-3-4-6-22(21)27-24(33)18(2)35-25-29-28-23(19-7-9-20(26)10-8-19)31(25)12-11-30-13-15-34-16-14-30/h3-10,18H,11-16H2,1-2H3,(H,27,33). The second-order valence-corrected chi connectivity index (χ2v) is 9.58. The molecule has 1 aliphatic heterocycles. The maximum absolute atomic E-state index is 13.5. The van der Waals surface area contributed by atoms with Gasteiger partial charge >= 0.3 is 0 Å². The van der Waals surface area contributed by atoms with Gasteiger partial charge in [-0.15, -0.1) is 10.2 Å². The molecular formula is C25H28FN5O3S. The second kappa shape index (κ2) is 11.6. The number of thioether (sulfide) groups is 1. The zero-order chi connectivity index (χ0) is 24.8. The highest BCUT2D eigenvalue weighted by molar-refractivity contribution is 8.00. The number of carbonyl (C=O) groups excluding carboxylic acids is 2. The molecule has 0 radical (unpaired) electrons. The van der Waals surface area contributed by atoms with Crippen LogP contribution in [0.5, 0.6) is 0 Å². The van der Waals surface area contributed by atoms with Crippen LogP contribution in [0, 0.1) is 5.82 Å². The lowest BCUT2D eigenvalue weighted by Gasteiger charge is -2.27. The largest absolute Gasteiger partial charge is 0.379 e. The van der Waals surface area contributed by atoms with Crippen molar-refractivity contribution in [1.29, 1.82) is 0 Å². The highest BCUT2D eigenvalue weighted by Crippen LogP contribution is 2.28. The van der Waals surface area contributed by atoms with E-state index in [0.29, 0.717) is 42.0 Å². The fourth-order valence-corrected chi connectivity index (χ4v) is 4.68. The lowest BCUT2D eigenvalue weighted by molar-refractivity contribution is -0.115. The quantitative estimate of drug-likeness (QED) is 0.356. The van der Waals surface area contributed by atoms with Gasteiger partial charge in [0.05, 0.1) is 24.2 Å². The van der Waals surface area contributed by atoms with Crippen molar-refractivity contribution < 1.29 is 18.7 Å². The van der Waals surface area contributed by atoms with Crippen LogP contribution in [0.3, 0.4) is 0 Å². The van der Waals surface area contributed by atoms with Crippen LogP contribution in [0.4, 0.5) is 10.1 Å². The molecule has 8 nitrogen and oxygen atoms in total. The predicted molar refractivity (Wildman–Crippen MR) is 133 cm³/mol. The van der Waals surface area contributed by atoms with E-state index in [4.69, 9.17) is 4.74 Å². The van der Waals surface area contributed by atoms with Gasteiger partial charge in [0.15, 0.2) is 16.8 Å². The highest BCUT2D eigenvalue weighted by Gasteiger charge is 2.23. The average Bonchev–Trinajstić information content (AvgIpc) is 3.26. The summed E-state index contributed by atoms with van der Waals surface area (Å²) in [7, 11) is 0. The SMILES string of the molecule is CC(=O)c1ccccc1NC(=O)C(C)Sc1nnc(-c2ccc(F)cc2)n1CCN1CCOCC1. The van der Waals surface area contributed by atoms with Crippen LogP contribution in [0.2, 0.25) is 0 Å². The number of aromatic nitrogens is 3. The van der Waals surface area contributed by atoms with Crippen LogP contribution in [0.1, 0.15) is 24.2 Å². The zero-order valence-corrected chi connectivity index (χ0v) is 20.6. The van der Waals surface area contributed by atoms with Crippen molar-refractivity contribution >= 4 is 29.1 Å². The molecule has 1 aromatic heterocycles. The first-order valence-corrected chi connectivity index (χ1v) is 12.4. The number of nitrogens with one attached hydrogen (secondary N) is 1. The molecule has 1 amide bonds. The van der Waals surface area contributed by atoms with Gasteiger partial charge in [0.2, 0.25) is 5.91 Å². The zero-order valence-electron chi connectivity index (χ0n) is 19.7. The van der Waals surface area contributed by atoms with E-state index in [0.717, 1.165) is 25.2 Å². The van der Waals surface area contributed by atoms with Crippen molar-refractivity contribution in [1.82, 2.24) is 19.7 Å². The fourth-order valence-electron chi connectivity index (χ4n) is 3.80. The molecule has 1 atom stereocenters. The normalized spacial score (nSPS) is 15.1. The number of morpholine rings is 1. The number of ketones is 1. The molecule has 1 fully saturated rings. The number of nitrogens with zero attached hydrogens (tertiary/aromatic N) is 4. The summed E-state index contributed by atoms with van der Waals surface area (Å²) in [6, 6.07) is 13.1. The van der Waals surface area contributed by atoms with E-state index in [1.165, 1.54) is 30.8 Å². The first-order chi connectivity index (χ1) is 16.9. The average molecular weight is 498 g/mol. The van der Waals surface area contributed by atoms with E-state index < -0.39 is 5.25 Å². The lowest BCUT2D eigenvalue weighted by Crippen LogP contribution is -2.38. The molecule has 1 saturated heterocycles. The van der Waals surface area contributed by atoms with Gasteiger partial charge in [0, 0.05) is 37.3 Å². The van der Waals surface area contributed by atoms with Gasteiger partial charge in [-0.05, 0) is 50.2 Å². The third-order valence-corrected chi connectivity index (χ3v) is 6.86. The van der Waals surface area contributed by atoms with Gasteiger partial charge < -0.3 is 14.6 Å². The molecule has 2 aromatic carbocycles. The van der Waals surface area contributed by atoms with Gasteiger partial charge in [-0.25, -0.2) is 4.39 Å². The van der Waals surface area contributed by atoms with E-state index in [-0.39, 0.29) is 17.5 Å². The Morgan fingerprint density at radius 1 is 1.09 bits per heavy atom. The van der Waals surface area contributed by atoms with Crippen molar-refractivity contribution in [3.8, 4) is 11.4 Å². The molecule has 0 spiro atoms. The summed E-state index contributed by atoms with van der Waals surface area (Å²) in [5.41, 5.74) is 1.70. The van der Waals surface area contributed by atoms with Crippen LogP contribution < -0.4 is 5.32 Å². The second-order valence-electron chi connectivity index (χ2n) is 8.27. The summed E-state index contributed by atoms with van der Waals surface area (Å²) >= 11 is 1.29. The van der Waals surface area contributed by atoms with Crippen molar-refractivity contribution in [2.75, 3.05) is 38.2 Å². The summed E-state index contributed by atoms with van der Waals surface area (Å²) < 4.78 is 20.9. The Morgan fingerprint density at radius 2 is 1.80 bits per heavy atom. The third kappa shape index (κ3) is 6.33. The van der Waals surface area contributed by atoms with Gasteiger partial charge in [-0.2, -0.15) is 0 Å². The molecule has 0 bridgehead atoms. The van der Waals surface area contributed by atoms with Gasteiger partial charge in [-0.3, -0.25) is 14.5 Å². The number of hydrogen-bond acceptors (Lipinski definition) is 7. The number of rotatable bonds is 9. The van der Waals surface area contributed by atoms with E-state index in [1.54, 1.807) is 43.3 Å². The maximum Gasteiger partial charge on any atom is 0.237 e. The topological polar surface area (TPSA) is 89.3 Å². The molecular weight excluding hydrogens is 469 g/mol. The Balaban J connectivity index is 1.53. The van der Waals surface area contributed by atoms with E-state index in [1.807, 2.05) is 4.57 Å². The first kappa shape index (κ1) is 25.0. The maximum atomic E-state index is 13.5. The molecule has 1 aliphatic rings. The molecule has 10 heteroatoms. The van der Waals surface area contributed by atoms with Crippen LogP contribution in [0.25, 0.3) is 11.4 Å². The van der Waals surface area contributed by atoms with Gasteiger partial charge in [0.25, 0.3) is 0 Å². The summed E-state index contributed by atoms with van der Waals surface area (Å²) in [4.78, 5) is 27.2. The monoisotopic (exact) mass is 497 g/mol. The smallest absolute Gasteiger partial charge is 0.237 e. The van der Waals surface area contributed by atoms with Gasteiger partial charge in [0.1, 0.15) is 5.82 Å². The number of amides is 1. The predicted octanol–water partition coefficient (Wildman–Crippen LogP) is 3.74. The Labute approximate surface area is 207 Å². The molecule has 35 heavy (non-hydrogen) atoms. The van der Waals surface area contributed by atoms with Crippen LogP contribution >= 0.6 is 11.8 Å². The number of Topliss-reactive ketones (excluding diaryl/α,β-unsaturated/α-hetero) is 1. The number of anilines is 1.